The van der Waals surface area contributed by atoms with Crippen LogP contribution in [0.5, 0.6) is 0 Å². The molecule has 0 spiro atoms. The lowest BCUT2D eigenvalue weighted by molar-refractivity contribution is 0.668. The van der Waals surface area contributed by atoms with Gasteiger partial charge in [0.1, 0.15) is 11.2 Å². The molecule has 0 fully saturated rings. The van der Waals surface area contributed by atoms with Crippen LogP contribution in [-0.4, -0.2) is 0 Å². The molecule has 0 saturated heterocycles. The van der Waals surface area contributed by atoms with E-state index in [1.54, 1.807) is 11.8 Å². The molecule has 0 amide bonds. The Morgan fingerprint density at radius 3 is 2.09 bits per heavy atom. The number of anilines is 3. The summed E-state index contributed by atoms with van der Waals surface area (Å²) in [5.41, 5.74) is 5.00. The first-order valence-corrected chi connectivity index (χ1v) is 12.7. The molecule has 164 valence electrons. The summed E-state index contributed by atoms with van der Waals surface area (Å²) < 4.78 is 7.40. The third kappa shape index (κ3) is 4.00. The van der Waals surface area contributed by atoms with Gasteiger partial charge in [0.25, 0.3) is 0 Å². The smallest absolute Gasteiger partial charge is 0.138 e. The molecule has 5 aromatic carbocycles. The van der Waals surface area contributed by atoms with E-state index in [1.807, 2.05) is 30.3 Å². The molecule has 0 bridgehead atoms. The molecule has 0 aliphatic rings. The predicted octanol–water partition coefficient (Wildman–Crippen LogP) is 9.97. The van der Waals surface area contributed by atoms with Crippen LogP contribution >= 0.6 is 27.7 Å². The second kappa shape index (κ2) is 9.05. The van der Waals surface area contributed by atoms with Crippen molar-refractivity contribution in [1.29, 1.82) is 0 Å². The fourth-order valence-electron chi connectivity index (χ4n) is 4.27. The fourth-order valence-corrected chi connectivity index (χ4v) is 5.69. The van der Waals surface area contributed by atoms with E-state index in [1.165, 1.54) is 9.79 Å². The highest BCUT2D eigenvalue weighted by molar-refractivity contribution is 9.10. The first-order valence-electron chi connectivity index (χ1n) is 11.1. The van der Waals surface area contributed by atoms with E-state index in [0.29, 0.717) is 0 Å². The molecule has 34 heavy (non-hydrogen) atoms. The summed E-state index contributed by atoms with van der Waals surface area (Å²) in [6, 6.07) is 42.0. The van der Waals surface area contributed by atoms with Crippen LogP contribution in [0.25, 0.3) is 21.9 Å². The van der Waals surface area contributed by atoms with Crippen molar-refractivity contribution in [3.05, 3.63) is 126 Å². The lowest BCUT2D eigenvalue weighted by Gasteiger charge is -2.26. The van der Waals surface area contributed by atoms with E-state index in [4.69, 9.17) is 4.42 Å². The van der Waals surface area contributed by atoms with Crippen LogP contribution in [0.1, 0.15) is 0 Å². The van der Waals surface area contributed by atoms with Crippen molar-refractivity contribution in [3.8, 4) is 0 Å². The molecule has 0 aliphatic carbocycles. The van der Waals surface area contributed by atoms with Gasteiger partial charge in [-0.2, -0.15) is 0 Å². The number of fused-ring (bicyclic) bond motifs is 3. The molecule has 1 aromatic heterocycles. The Kier molecular flexibility index (Phi) is 5.61. The van der Waals surface area contributed by atoms with E-state index >= 15 is 0 Å². The number of furan rings is 1. The number of benzene rings is 5. The second-order valence-corrected chi connectivity index (χ2v) is 10.0. The summed E-state index contributed by atoms with van der Waals surface area (Å²) in [5, 5.41) is 2.28. The van der Waals surface area contributed by atoms with Crippen molar-refractivity contribution < 1.29 is 4.42 Å². The minimum Gasteiger partial charge on any atom is -0.456 e. The van der Waals surface area contributed by atoms with Crippen molar-refractivity contribution in [2.24, 2.45) is 0 Å². The first-order chi connectivity index (χ1) is 16.8. The van der Waals surface area contributed by atoms with Crippen molar-refractivity contribution in [2.45, 2.75) is 9.79 Å². The third-order valence-corrected chi connectivity index (χ3v) is 7.28. The molecule has 2 nitrogen and oxygen atoms in total. The second-order valence-electron chi connectivity index (χ2n) is 7.98. The SMILES string of the molecule is Brc1cccc(N(c2ccccc2)c2cc(Sc3ccccc3)c3c(c2)oc2ccccc23)c1. The zero-order valence-electron chi connectivity index (χ0n) is 18.2. The molecular weight excluding hydrogens is 502 g/mol. The van der Waals surface area contributed by atoms with Crippen LogP contribution in [-0.2, 0) is 0 Å². The van der Waals surface area contributed by atoms with E-state index in [9.17, 15) is 0 Å². The zero-order valence-corrected chi connectivity index (χ0v) is 20.6. The highest BCUT2D eigenvalue weighted by atomic mass is 79.9. The van der Waals surface area contributed by atoms with Gasteiger partial charge in [-0.05, 0) is 54.6 Å². The van der Waals surface area contributed by atoms with Crippen LogP contribution < -0.4 is 4.90 Å². The number of rotatable bonds is 5. The minimum atomic E-state index is 0.882. The molecule has 0 unspecified atom stereocenters. The molecule has 4 heteroatoms. The Balaban J connectivity index is 1.61. The van der Waals surface area contributed by atoms with E-state index in [0.717, 1.165) is 43.5 Å². The van der Waals surface area contributed by atoms with Gasteiger partial charge in [-0.25, -0.2) is 0 Å². The van der Waals surface area contributed by atoms with Crippen LogP contribution in [0, 0.1) is 0 Å². The first kappa shape index (κ1) is 21.1. The summed E-state index contributed by atoms with van der Waals surface area (Å²) >= 11 is 5.41. The monoisotopic (exact) mass is 521 g/mol. The van der Waals surface area contributed by atoms with Crippen LogP contribution in [0.2, 0.25) is 0 Å². The minimum absolute atomic E-state index is 0.882. The molecule has 0 saturated carbocycles. The van der Waals surface area contributed by atoms with Gasteiger partial charge in [0, 0.05) is 42.5 Å². The quantitative estimate of drug-likeness (QED) is 0.224. The van der Waals surface area contributed by atoms with E-state index < -0.39 is 0 Å². The van der Waals surface area contributed by atoms with Gasteiger partial charge in [-0.3, -0.25) is 0 Å². The van der Waals surface area contributed by atoms with Gasteiger partial charge in [-0.1, -0.05) is 88.4 Å². The van der Waals surface area contributed by atoms with Crippen molar-refractivity contribution >= 4 is 66.7 Å². The average Bonchev–Trinajstić information content (AvgIpc) is 3.24. The third-order valence-electron chi connectivity index (χ3n) is 5.74. The maximum Gasteiger partial charge on any atom is 0.138 e. The van der Waals surface area contributed by atoms with Crippen molar-refractivity contribution in [1.82, 2.24) is 0 Å². The van der Waals surface area contributed by atoms with Gasteiger partial charge >= 0.3 is 0 Å². The standard InChI is InChI=1S/C30H20BrNOS/c31-21-10-9-13-23(18-21)32(22-11-3-1-4-12-22)24-19-28-30(26-16-7-8-17-27(26)33-28)29(20-24)34-25-14-5-2-6-15-25/h1-20H. The molecule has 0 radical (unpaired) electrons. The Hall–Kier alpha value is -3.47. The Labute approximate surface area is 211 Å². The Bertz CT molecular complexity index is 1590. The average molecular weight is 522 g/mol. The number of hydrogen-bond acceptors (Lipinski definition) is 3. The van der Waals surface area contributed by atoms with Crippen LogP contribution in [0.15, 0.2) is 140 Å². The Morgan fingerprint density at radius 2 is 1.29 bits per heavy atom. The van der Waals surface area contributed by atoms with Gasteiger partial charge in [0.15, 0.2) is 0 Å². The van der Waals surface area contributed by atoms with Crippen molar-refractivity contribution in [2.75, 3.05) is 4.90 Å². The van der Waals surface area contributed by atoms with Gasteiger partial charge in [0.2, 0.25) is 0 Å². The largest absolute Gasteiger partial charge is 0.456 e. The molecule has 0 atom stereocenters. The fraction of sp³-hybridized carbons (Fsp3) is 0. The van der Waals surface area contributed by atoms with Gasteiger partial charge < -0.3 is 9.32 Å². The molecule has 6 rings (SSSR count). The lowest BCUT2D eigenvalue weighted by atomic mass is 10.1. The lowest BCUT2D eigenvalue weighted by Crippen LogP contribution is -2.10. The molecule has 1 heterocycles. The van der Waals surface area contributed by atoms with Gasteiger partial charge in [-0.15, -0.1) is 0 Å². The normalized spacial score (nSPS) is 11.2. The topological polar surface area (TPSA) is 16.4 Å². The summed E-state index contributed by atoms with van der Waals surface area (Å²) in [7, 11) is 0. The molecule has 0 aliphatic heterocycles. The number of para-hydroxylation sites is 2. The summed E-state index contributed by atoms with van der Waals surface area (Å²) in [6.07, 6.45) is 0. The number of halogens is 1. The molecule has 6 aromatic rings. The summed E-state index contributed by atoms with van der Waals surface area (Å²) in [4.78, 5) is 4.63. The Morgan fingerprint density at radius 1 is 0.588 bits per heavy atom. The molecular formula is C30H20BrNOS. The summed E-state index contributed by atoms with van der Waals surface area (Å²) in [5.74, 6) is 0. The highest BCUT2D eigenvalue weighted by Gasteiger charge is 2.19. The van der Waals surface area contributed by atoms with Crippen LogP contribution in [0.4, 0.5) is 17.1 Å². The van der Waals surface area contributed by atoms with Crippen LogP contribution in [0.3, 0.4) is 0 Å². The van der Waals surface area contributed by atoms with E-state index in [2.05, 4.69) is 112 Å². The maximum absolute atomic E-state index is 6.37. The highest BCUT2D eigenvalue weighted by Crippen LogP contribution is 2.44. The van der Waals surface area contributed by atoms with E-state index in [-0.39, 0.29) is 0 Å². The zero-order chi connectivity index (χ0) is 22.9. The number of nitrogens with zero attached hydrogens (tertiary/aromatic N) is 1. The maximum atomic E-state index is 6.37. The van der Waals surface area contributed by atoms with Gasteiger partial charge in [0.05, 0.1) is 5.69 Å². The molecule has 0 N–H and O–H groups in total. The predicted molar refractivity (Wildman–Crippen MR) is 147 cm³/mol. The summed E-state index contributed by atoms with van der Waals surface area (Å²) in [6.45, 7) is 0. The number of hydrogen-bond donors (Lipinski definition) is 0. The van der Waals surface area contributed by atoms with Crippen molar-refractivity contribution in [3.63, 3.8) is 0 Å².